The van der Waals surface area contributed by atoms with Gasteiger partial charge in [-0.1, -0.05) is 6.07 Å². The fraction of sp³-hybridized carbons (Fsp3) is 0.368. The van der Waals surface area contributed by atoms with Gasteiger partial charge in [-0.05, 0) is 37.1 Å². The van der Waals surface area contributed by atoms with Crippen LogP contribution in [0.4, 0.5) is 20.3 Å². The molecule has 3 rings (SSSR count). The number of nitrogens with one attached hydrogen (secondary N) is 1. The van der Waals surface area contributed by atoms with Gasteiger partial charge in [-0.15, -0.1) is 0 Å². The number of carbonyl (C=O) groups is 2. The van der Waals surface area contributed by atoms with E-state index in [1.165, 1.54) is 17.3 Å². The topological polar surface area (TPSA) is 101 Å². The number of halogens is 2. The van der Waals surface area contributed by atoms with Crippen molar-refractivity contribution in [3.05, 3.63) is 47.4 Å². The quantitative estimate of drug-likeness (QED) is 0.769. The van der Waals surface area contributed by atoms with Gasteiger partial charge in [0, 0.05) is 31.3 Å². The third kappa shape index (κ3) is 4.24. The van der Waals surface area contributed by atoms with E-state index >= 15 is 0 Å². The lowest BCUT2D eigenvalue weighted by molar-refractivity contribution is -0.151. The number of nitrogen functional groups attached to an aromatic ring is 1. The van der Waals surface area contributed by atoms with Crippen molar-refractivity contribution in [3.8, 4) is 0 Å². The van der Waals surface area contributed by atoms with E-state index in [0.29, 0.717) is 22.6 Å². The van der Waals surface area contributed by atoms with Gasteiger partial charge in [0.25, 0.3) is 5.92 Å². The Morgan fingerprint density at radius 3 is 2.64 bits per heavy atom. The lowest BCUT2D eigenvalue weighted by atomic mass is 9.93. The molecule has 1 saturated heterocycles. The molecule has 0 saturated carbocycles. The summed E-state index contributed by atoms with van der Waals surface area (Å²) < 4.78 is 28.0. The van der Waals surface area contributed by atoms with E-state index in [9.17, 15) is 18.4 Å². The summed E-state index contributed by atoms with van der Waals surface area (Å²) in [4.78, 5) is 34.4. The van der Waals surface area contributed by atoms with Crippen molar-refractivity contribution in [2.45, 2.75) is 38.7 Å². The number of carbonyl (C=O) groups excluding carboxylic acids is 2. The Labute approximate surface area is 161 Å². The molecule has 1 aliphatic rings. The van der Waals surface area contributed by atoms with Crippen LogP contribution in [0.3, 0.4) is 0 Å². The minimum absolute atomic E-state index is 0.225. The summed E-state index contributed by atoms with van der Waals surface area (Å²) in [5.41, 5.74) is 7.79. The molecule has 3 heterocycles. The average Bonchev–Trinajstić information content (AvgIpc) is 2.64. The lowest BCUT2D eigenvalue weighted by Crippen LogP contribution is -2.48. The van der Waals surface area contributed by atoms with Crippen molar-refractivity contribution in [2.24, 2.45) is 0 Å². The molecule has 0 unspecified atom stereocenters. The number of hydrogen-bond donors (Lipinski definition) is 2. The van der Waals surface area contributed by atoms with E-state index in [2.05, 4.69) is 15.3 Å². The van der Waals surface area contributed by atoms with E-state index in [1.54, 1.807) is 32.0 Å². The zero-order valence-corrected chi connectivity index (χ0v) is 15.6. The van der Waals surface area contributed by atoms with Crippen LogP contribution >= 0.6 is 0 Å². The van der Waals surface area contributed by atoms with Gasteiger partial charge in [0.05, 0.1) is 17.9 Å². The van der Waals surface area contributed by atoms with Gasteiger partial charge >= 0.3 is 11.8 Å². The lowest BCUT2D eigenvalue weighted by Gasteiger charge is -2.39. The van der Waals surface area contributed by atoms with Crippen LogP contribution in [-0.2, 0) is 9.59 Å². The molecule has 3 N–H and O–H groups in total. The van der Waals surface area contributed by atoms with Gasteiger partial charge in [0.2, 0.25) is 0 Å². The molecule has 28 heavy (non-hydrogen) atoms. The van der Waals surface area contributed by atoms with Crippen LogP contribution in [0.15, 0.2) is 30.6 Å². The average molecular weight is 389 g/mol. The summed E-state index contributed by atoms with van der Waals surface area (Å²) in [6, 6.07) is 3.99. The second-order valence-electron chi connectivity index (χ2n) is 6.94. The van der Waals surface area contributed by atoms with Gasteiger partial charge in [0.1, 0.15) is 5.82 Å². The number of rotatable bonds is 2. The van der Waals surface area contributed by atoms with Crippen molar-refractivity contribution in [3.63, 3.8) is 0 Å². The third-order valence-electron chi connectivity index (χ3n) is 4.74. The van der Waals surface area contributed by atoms with E-state index in [1.807, 2.05) is 0 Å². The van der Waals surface area contributed by atoms with Gasteiger partial charge in [-0.3, -0.25) is 14.6 Å². The van der Waals surface area contributed by atoms with Crippen LogP contribution in [0.1, 0.15) is 35.7 Å². The maximum Gasteiger partial charge on any atom is 0.313 e. The highest BCUT2D eigenvalue weighted by Gasteiger charge is 2.44. The molecule has 9 heteroatoms. The maximum atomic E-state index is 14.0. The van der Waals surface area contributed by atoms with Crippen molar-refractivity contribution < 1.29 is 18.4 Å². The van der Waals surface area contributed by atoms with Crippen LogP contribution in [-0.4, -0.2) is 39.1 Å². The minimum Gasteiger partial charge on any atom is -0.383 e. The first-order valence-corrected chi connectivity index (χ1v) is 8.81. The Balaban J connectivity index is 1.81. The van der Waals surface area contributed by atoms with Crippen LogP contribution in [0.2, 0.25) is 0 Å². The Morgan fingerprint density at radius 1 is 1.25 bits per heavy atom. The Hall–Kier alpha value is -3.10. The molecule has 0 spiro atoms. The first kappa shape index (κ1) is 19.7. The SMILES string of the molecule is Cc1ccc([C@@H]2CC(F)(F)CCN2C(=O)C(=O)Nc2cnc(N)c(C)c2)cn1. The van der Waals surface area contributed by atoms with E-state index < -0.39 is 36.6 Å². The predicted molar refractivity (Wildman–Crippen MR) is 99.6 cm³/mol. The number of piperidine rings is 1. The molecule has 7 nitrogen and oxygen atoms in total. The summed E-state index contributed by atoms with van der Waals surface area (Å²) in [6.45, 7) is 3.27. The number of alkyl halides is 2. The van der Waals surface area contributed by atoms with Crippen molar-refractivity contribution in [1.29, 1.82) is 0 Å². The largest absolute Gasteiger partial charge is 0.383 e. The monoisotopic (exact) mass is 389 g/mol. The molecule has 2 aromatic rings. The minimum atomic E-state index is -2.92. The van der Waals surface area contributed by atoms with Crippen LogP contribution in [0, 0.1) is 13.8 Å². The van der Waals surface area contributed by atoms with Gasteiger partial charge < -0.3 is 16.0 Å². The Bertz CT molecular complexity index is 902. The highest BCUT2D eigenvalue weighted by molar-refractivity contribution is 6.39. The fourth-order valence-electron chi connectivity index (χ4n) is 3.12. The van der Waals surface area contributed by atoms with Crippen molar-refractivity contribution in [1.82, 2.24) is 14.9 Å². The highest BCUT2D eigenvalue weighted by Crippen LogP contribution is 2.39. The smallest absolute Gasteiger partial charge is 0.313 e. The van der Waals surface area contributed by atoms with Crippen molar-refractivity contribution >= 4 is 23.3 Å². The fourth-order valence-corrected chi connectivity index (χ4v) is 3.12. The number of nitrogens with two attached hydrogens (primary N) is 1. The summed E-state index contributed by atoms with van der Waals surface area (Å²) in [5.74, 6) is -4.40. The standard InChI is InChI=1S/C19H21F2N5O2/c1-11-7-14(10-24-16(11)22)25-17(27)18(28)26-6-5-19(20,21)8-15(26)13-4-3-12(2)23-9-13/h3-4,7,9-10,15H,5-6,8H2,1-2H3,(H2,22,24)(H,25,27)/t15-/m0/s1. The molecule has 0 aromatic carbocycles. The molecule has 148 valence electrons. The summed E-state index contributed by atoms with van der Waals surface area (Å²) in [7, 11) is 0. The second kappa shape index (κ2) is 7.49. The molecular formula is C19H21F2N5O2. The third-order valence-corrected chi connectivity index (χ3v) is 4.74. The zero-order valence-electron chi connectivity index (χ0n) is 15.6. The number of anilines is 2. The second-order valence-corrected chi connectivity index (χ2v) is 6.94. The summed E-state index contributed by atoms with van der Waals surface area (Å²) in [6.07, 6.45) is 1.75. The maximum absolute atomic E-state index is 14.0. The first-order chi connectivity index (χ1) is 13.2. The van der Waals surface area contributed by atoms with Crippen molar-refractivity contribution in [2.75, 3.05) is 17.6 Å². The van der Waals surface area contributed by atoms with Crippen LogP contribution < -0.4 is 11.1 Å². The van der Waals surface area contributed by atoms with Crippen LogP contribution in [0.25, 0.3) is 0 Å². The number of likely N-dealkylation sites (tertiary alicyclic amines) is 1. The molecule has 0 bridgehead atoms. The van der Waals surface area contributed by atoms with E-state index in [4.69, 9.17) is 5.73 Å². The van der Waals surface area contributed by atoms with E-state index in [0.717, 1.165) is 5.69 Å². The Morgan fingerprint density at radius 2 is 2.00 bits per heavy atom. The molecule has 2 amide bonds. The number of hydrogen-bond acceptors (Lipinski definition) is 5. The molecule has 0 aliphatic carbocycles. The number of aryl methyl sites for hydroxylation is 2. The number of nitrogens with zero attached hydrogens (tertiary/aromatic N) is 3. The molecule has 1 atom stereocenters. The summed E-state index contributed by atoms with van der Waals surface area (Å²) in [5, 5.41) is 2.46. The Kier molecular flexibility index (Phi) is 5.26. The first-order valence-electron chi connectivity index (χ1n) is 8.81. The molecule has 1 fully saturated rings. The van der Waals surface area contributed by atoms with Gasteiger partial charge in [-0.2, -0.15) is 0 Å². The highest BCUT2D eigenvalue weighted by atomic mass is 19.3. The predicted octanol–water partition coefficient (Wildman–Crippen LogP) is 2.61. The molecular weight excluding hydrogens is 368 g/mol. The number of aromatic nitrogens is 2. The molecule has 2 aromatic heterocycles. The van der Waals surface area contributed by atoms with Crippen LogP contribution in [0.5, 0.6) is 0 Å². The molecule has 0 radical (unpaired) electrons. The van der Waals surface area contributed by atoms with E-state index in [-0.39, 0.29) is 6.54 Å². The normalized spacial score (nSPS) is 18.6. The zero-order chi connectivity index (χ0) is 20.5. The van der Waals surface area contributed by atoms with Gasteiger partial charge in [0.15, 0.2) is 0 Å². The number of amides is 2. The number of pyridine rings is 2. The van der Waals surface area contributed by atoms with Gasteiger partial charge in [-0.25, -0.2) is 13.8 Å². The molecule has 1 aliphatic heterocycles. The summed E-state index contributed by atoms with van der Waals surface area (Å²) >= 11 is 0.